The van der Waals surface area contributed by atoms with E-state index in [2.05, 4.69) is 21.8 Å². The summed E-state index contributed by atoms with van der Waals surface area (Å²) in [6.07, 6.45) is -3.95. The Balaban J connectivity index is 1.59. The van der Waals surface area contributed by atoms with Gasteiger partial charge in [0.25, 0.3) is 5.91 Å². The molecule has 2 N–H and O–H groups in total. The zero-order valence-corrected chi connectivity index (χ0v) is 18.0. The zero-order valence-electron chi connectivity index (χ0n) is 17.2. The minimum absolute atomic E-state index is 0.108. The number of carbonyl (C=O) groups excluding carboxylic acids is 1. The van der Waals surface area contributed by atoms with Gasteiger partial charge in [-0.05, 0) is 41.8 Å². The van der Waals surface area contributed by atoms with Crippen LogP contribution in [0, 0.1) is 11.3 Å². The molecule has 2 heterocycles. The molecule has 1 aliphatic rings. The van der Waals surface area contributed by atoms with Gasteiger partial charge in [-0.2, -0.15) is 23.5 Å². The summed E-state index contributed by atoms with van der Waals surface area (Å²) in [5, 5.41) is 18.9. The van der Waals surface area contributed by atoms with Gasteiger partial charge in [0.2, 0.25) is 0 Å². The van der Waals surface area contributed by atoms with Gasteiger partial charge in [-0.25, -0.2) is 4.68 Å². The first-order chi connectivity index (χ1) is 15.7. The summed E-state index contributed by atoms with van der Waals surface area (Å²) in [4.78, 5) is 12.7. The van der Waals surface area contributed by atoms with Crippen molar-refractivity contribution >= 4 is 29.0 Å². The van der Waals surface area contributed by atoms with Crippen molar-refractivity contribution in [2.75, 3.05) is 10.6 Å². The fourth-order valence-electron chi connectivity index (χ4n) is 3.80. The van der Waals surface area contributed by atoms with Crippen LogP contribution in [0.25, 0.3) is 0 Å². The zero-order chi connectivity index (χ0) is 23.6. The minimum Gasteiger partial charge on any atom is -0.363 e. The van der Waals surface area contributed by atoms with Crippen LogP contribution in [0.2, 0.25) is 5.02 Å². The van der Waals surface area contributed by atoms with Crippen molar-refractivity contribution in [2.24, 2.45) is 0 Å². The first kappa shape index (κ1) is 22.7. The number of rotatable bonds is 5. The van der Waals surface area contributed by atoms with Gasteiger partial charge in [-0.15, -0.1) is 0 Å². The molecular weight excluding hydrogens is 455 g/mol. The second-order valence-corrected chi connectivity index (χ2v) is 8.15. The fourth-order valence-corrected chi connectivity index (χ4v) is 3.92. The van der Waals surface area contributed by atoms with Crippen LogP contribution in [-0.2, 0) is 6.42 Å². The van der Waals surface area contributed by atoms with Crippen LogP contribution in [-0.4, -0.2) is 21.9 Å². The van der Waals surface area contributed by atoms with E-state index in [9.17, 15) is 18.0 Å². The van der Waals surface area contributed by atoms with E-state index in [-0.39, 0.29) is 17.9 Å². The first-order valence-electron chi connectivity index (χ1n) is 10.2. The van der Waals surface area contributed by atoms with Crippen LogP contribution in [0.5, 0.6) is 0 Å². The van der Waals surface area contributed by atoms with Crippen molar-refractivity contribution in [2.45, 2.75) is 37.5 Å². The summed E-state index contributed by atoms with van der Waals surface area (Å²) in [5.41, 5.74) is 1.86. The number of anilines is 2. The summed E-state index contributed by atoms with van der Waals surface area (Å²) >= 11 is 5.90. The Hall–Kier alpha value is -3.51. The molecule has 0 radical (unpaired) electrons. The van der Waals surface area contributed by atoms with Crippen molar-refractivity contribution < 1.29 is 18.0 Å². The van der Waals surface area contributed by atoms with Crippen LogP contribution < -0.4 is 10.6 Å². The molecule has 4 rings (SSSR count). The van der Waals surface area contributed by atoms with E-state index in [1.807, 2.05) is 6.07 Å². The van der Waals surface area contributed by atoms with E-state index in [1.165, 1.54) is 6.07 Å². The molecule has 0 aliphatic carbocycles. The van der Waals surface area contributed by atoms with Crippen LogP contribution in [0.3, 0.4) is 0 Å². The Morgan fingerprint density at radius 3 is 2.70 bits per heavy atom. The van der Waals surface area contributed by atoms with E-state index in [4.69, 9.17) is 16.9 Å². The van der Waals surface area contributed by atoms with E-state index in [0.717, 1.165) is 10.2 Å². The Bertz CT molecular complexity index is 1200. The maximum absolute atomic E-state index is 13.8. The second kappa shape index (κ2) is 9.16. The topological polar surface area (TPSA) is 82.7 Å². The van der Waals surface area contributed by atoms with E-state index >= 15 is 0 Å². The molecule has 0 saturated heterocycles. The smallest absolute Gasteiger partial charge is 0.363 e. The molecule has 0 fully saturated rings. The van der Waals surface area contributed by atoms with Crippen molar-refractivity contribution in [3.05, 3.63) is 76.4 Å². The van der Waals surface area contributed by atoms with Crippen LogP contribution in [0.4, 0.5) is 24.7 Å². The van der Waals surface area contributed by atoms with E-state index in [1.54, 1.807) is 42.5 Å². The van der Waals surface area contributed by atoms with Gasteiger partial charge in [0.1, 0.15) is 5.82 Å². The third-order valence-electron chi connectivity index (χ3n) is 5.41. The number of aromatic nitrogens is 2. The molecule has 0 spiro atoms. The molecular formula is C23H19ClF3N5O. The molecule has 3 aromatic rings. The first-order valence-corrected chi connectivity index (χ1v) is 10.6. The van der Waals surface area contributed by atoms with Crippen molar-refractivity contribution in [3.63, 3.8) is 0 Å². The quantitative estimate of drug-likeness (QED) is 0.483. The number of benzene rings is 2. The average Bonchev–Trinajstić information content (AvgIpc) is 3.21. The van der Waals surface area contributed by atoms with Gasteiger partial charge in [0.15, 0.2) is 11.7 Å². The number of halogens is 4. The highest BCUT2D eigenvalue weighted by Gasteiger charge is 2.46. The normalized spacial score (nSPS) is 17.5. The third-order valence-corrected chi connectivity index (χ3v) is 5.66. The van der Waals surface area contributed by atoms with Crippen LogP contribution in [0.15, 0.2) is 54.6 Å². The number of hydrogen-bond acceptors (Lipinski definition) is 4. The standard InChI is InChI=1S/C23H19ClF3N5O/c24-16-8-6-15(7-9-16)18-12-20(23(25,26)27)32-21(30-18)13-19(31-32)22(33)29-17-5-1-3-14(11-17)4-2-10-28/h1,3,5-9,11,13,18,20,30H,2,4,12H2,(H,29,33)/t18-,20-/m1/s1. The number of aryl methyl sites for hydroxylation is 1. The maximum atomic E-state index is 13.8. The lowest BCUT2D eigenvalue weighted by Crippen LogP contribution is -2.35. The van der Waals surface area contributed by atoms with Crippen molar-refractivity contribution in [1.29, 1.82) is 5.26 Å². The summed E-state index contributed by atoms with van der Waals surface area (Å²) in [6.45, 7) is 0. The molecule has 0 bridgehead atoms. The van der Waals surface area contributed by atoms with E-state index < -0.39 is 24.2 Å². The van der Waals surface area contributed by atoms with Crippen LogP contribution >= 0.6 is 11.6 Å². The lowest BCUT2D eigenvalue weighted by molar-refractivity contribution is -0.173. The van der Waals surface area contributed by atoms with Crippen molar-refractivity contribution in [3.8, 4) is 6.07 Å². The van der Waals surface area contributed by atoms with Gasteiger partial charge in [-0.1, -0.05) is 35.9 Å². The van der Waals surface area contributed by atoms with Crippen LogP contribution in [0.1, 0.15) is 46.5 Å². The van der Waals surface area contributed by atoms with Gasteiger partial charge in [0, 0.05) is 29.6 Å². The van der Waals surface area contributed by atoms with E-state index in [0.29, 0.717) is 29.1 Å². The Kier molecular flexibility index (Phi) is 6.29. The van der Waals surface area contributed by atoms with Gasteiger partial charge in [-0.3, -0.25) is 4.79 Å². The lowest BCUT2D eigenvalue weighted by atomic mass is 9.97. The average molecular weight is 474 g/mol. The Labute approximate surface area is 193 Å². The Morgan fingerprint density at radius 1 is 1.24 bits per heavy atom. The maximum Gasteiger partial charge on any atom is 0.410 e. The predicted octanol–water partition coefficient (Wildman–Crippen LogP) is 5.91. The number of hydrogen-bond donors (Lipinski definition) is 2. The summed E-state index contributed by atoms with van der Waals surface area (Å²) in [6, 6.07) is 14.4. The highest BCUT2D eigenvalue weighted by Crippen LogP contribution is 2.43. The molecule has 6 nitrogen and oxygen atoms in total. The number of fused-ring (bicyclic) bond motifs is 1. The monoisotopic (exact) mass is 473 g/mol. The number of nitrogens with zero attached hydrogens (tertiary/aromatic N) is 3. The molecule has 0 saturated carbocycles. The molecule has 1 amide bonds. The lowest BCUT2D eigenvalue weighted by Gasteiger charge is -2.33. The largest absolute Gasteiger partial charge is 0.410 e. The molecule has 2 atom stereocenters. The Morgan fingerprint density at radius 2 is 2.00 bits per heavy atom. The molecule has 10 heteroatoms. The number of nitriles is 1. The summed E-state index contributed by atoms with van der Waals surface area (Å²) in [5.74, 6) is -0.517. The summed E-state index contributed by atoms with van der Waals surface area (Å²) in [7, 11) is 0. The highest BCUT2D eigenvalue weighted by atomic mass is 35.5. The third kappa shape index (κ3) is 5.12. The number of carbonyl (C=O) groups is 1. The SMILES string of the molecule is N#CCCc1cccc(NC(=O)c2cc3n(n2)[C@@H](C(F)(F)F)C[C@H](c2ccc(Cl)cc2)N3)c1. The number of nitrogens with one attached hydrogen (secondary N) is 2. The molecule has 1 aromatic heterocycles. The van der Waals surface area contributed by atoms with Gasteiger partial charge >= 0.3 is 6.18 Å². The summed E-state index contributed by atoms with van der Waals surface area (Å²) < 4.78 is 42.4. The molecule has 0 unspecified atom stereocenters. The van der Waals surface area contributed by atoms with Gasteiger partial charge < -0.3 is 10.6 Å². The van der Waals surface area contributed by atoms with Gasteiger partial charge in [0.05, 0.1) is 12.1 Å². The fraction of sp³-hybridized carbons (Fsp3) is 0.261. The van der Waals surface area contributed by atoms with Crippen molar-refractivity contribution in [1.82, 2.24) is 9.78 Å². The molecule has 1 aliphatic heterocycles. The number of alkyl halides is 3. The molecule has 170 valence electrons. The highest BCUT2D eigenvalue weighted by molar-refractivity contribution is 6.30. The minimum atomic E-state index is -4.55. The number of amides is 1. The predicted molar refractivity (Wildman–Crippen MR) is 118 cm³/mol. The molecule has 2 aromatic carbocycles. The second-order valence-electron chi connectivity index (χ2n) is 7.71. The molecule has 33 heavy (non-hydrogen) atoms.